The maximum absolute atomic E-state index is 11.1. The van der Waals surface area contributed by atoms with Crippen molar-refractivity contribution in [1.29, 1.82) is 0 Å². The zero-order valence-corrected chi connectivity index (χ0v) is 12.3. The van der Waals surface area contributed by atoms with Crippen LogP contribution in [0, 0.1) is 6.92 Å². The Hall–Kier alpha value is -2.16. The fourth-order valence-corrected chi connectivity index (χ4v) is 2.08. The molecule has 20 heavy (non-hydrogen) atoms. The van der Waals surface area contributed by atoms with Crippen molar-refractivity contribution < 1.29 is 9.90 Å². The predicted molar refractivity (Wildman–Crippen MR) is 80.1 cm³/mol. The van der Waals surface area contributed by atoms with Crippen LogP contribution in [0.2, 0.25) is 0 Å². The third kappa shape index (κ3) is 2.87. The molecule has 2 aromatic rings. The fraction of sp³-hybridized carbons (Fsp3) is 0.294. The lowest BCUT2D eigenvalue weighted by atomic mass is 9.85. The first-order chi connectivity index (χ1) is 9.29. The molecule has 1 N–H and O–H groups in total. The number of carboxylic acids is 1. The summed E-state index contributed by atoms with van der Waals surface area (Å²) in [6, 6.07) is 9.40. The van der Waals surface area contributed by atoms with Crippen LogP contribution in [0.15, 0.2) is 36.5 Å². The summed E-state index contributed by atoms with van der Waals surface area (Å²) in [4.78, 5) is 15.4. The number of aromatic carboxylic acids is 1. The zero-order chi connectivity index (χ0) is 14.9. The van der Waals surface area contributed by atoms with Gasteiger partial charge in [-0.15, -0.1) is 0 Å². The van der Waals surface area contributed by atoms with E-state index in [9.17, 15) is 4.79 Å². The second-order valence-corrected chi connectivity index (χ2v) is 6.01. The number of carbonyl (C=O) groups is 1. The van der Waals surface area contributed by atoms with Crippen molar-refractivity contribution in [2.45, 2.75) is 33.1 Å². The predicted octanol–water partition coefficient (Wildman–Crippen LogP) is 4.05. The quantitative estimate of drug-likeness (QED) is 0.894. The van der Waals surface area contributed by atoms with Gasteiger partial charge in [0.1, 0.15) is 0 Å². The van der Waals surface area contributed by atoms with Gasteiger partial charge < -0.3 is 5.11 Å². The van der Waals surface area contributed by atoms with Crippen LogP contribution in [0.5, 0.6) is 0 Å². The number of carboxylic acid groups (broad SMARTS) is 1. The van der Waals surface area contributed by atoms with E-state index in [2.05, 4.69) is 44.0 Å². The van der Waals surface area contributed by atoms with Crippen LogP contribution >= 0.6 is 0 Å². The smallest absolute Gasteiger partial charge is 0.335 e. The van der Waals surface area contributed by atoms with E-state index >= 15 is 0 Å². The average Bonchev–Trinajstić information content (AvgIpc) is 2.38. The molecule has 0 aliphatic carbocycles. The Morgan fingerprint density at radius 1 is 1.15 bits per heavy atom. The minimum Gasteiger partial charge on any atom is -0.478 e. The molecule has 0 fully saturated rings. The average molecular weight is 269 g/mol. The van der Waals surface area contributed by atoms with Crippen molar-refractivity contribution in [1.82, 2.24) is 4.98 Å². The Balaban J connectivity index is 2.57. The molecule has 0 unspecified atom stereocenters. The first-order valence-electron chi connectivity index (χ1n) is 6.60. The minimum atomic E-state index is -0.932. The molecule has 104 valence electrons. The zero-order valence-electron chi connectivity index (χ0n) is 12.3. The van der Waals surface area contributed by atoms with Gasteiger partial charge in [-0.2, -0.15) is 0 Å². The summed E-state index contributed by atoms with van der Waals surface area (Å²) in [5.41, 5.74) is 4.30. The summed E-state index contributed by atoms with van der Waals surface area (Å²) in [6.45, 7) is 8.48. The van der Waals surface area contributed by atoms with E-state index in [0.29, 0.717) is 5.69 Å². The Labute approximate surface area is 119 Å². The third-order valence-corrected chi connectivity index (χ3v) is 3.39. The molecule has 3 heteroatoms. The van der Waals surface area contributed by atoms with Gasteiger partial charge in [0, 0.05) is 11.8 Å². The molecule has 2 rings (SSSR count). The topological polar surface area (TPSA) is 50.2 Å². The Kier molecular flexibility index (Phi) is 3.62. The molecule has 0 aliphatic heterocycles. The molecule has 0 radical (unpaired) electrons. The third-order valence-electron chi connectivity index (χ3n) is 3.39. The molecule has 0 amide bonds. The molecule has 0 atom stereocenters. The summed E-state index contributed by atoms with van der Waals surface area (Å²) in [5.74, 6) is -0.932. The van der Waals surface area contributed by atoms with Gasteiger partial charge in [-0.05, 0) is 41.7 Å². The van der Waals surface area contributed by atoms with E-state index in [1.807, 2.05) is 6.92 Å². The number of pyridine rings is 1. The molecule has 1 aromatic carbocycles. The highest BCUT2D eigenvalue weighted by Crippen LogP contribution is 2.29. The van der Waals surface area contributed by atoms with Gasteiger partial charge in [-0.3, -0.25) is 4.98 Å². The first kappa shape index (κ1) is 14.3. The first-order valence-corrected chi connectivity index (χ1v) is 6.60. The van der Waals surface area contributed by atoms with E-state index in [0.717, 1.165) is 11.1 Å². The van der Waals surface area contributed by atoms with Crippen molar-refractivity contribution in [3.05, 3.63) is 53.2 Å². The van der Waals surface area contributed by atoms with Crippen LogP contribution in [0.1, 0.15) is 42.3 Å². The molecule has 3 nitrogen and oxygen atoms in total. The van der Waals surface area contributed by atoms with E-state index < -0.39 is 5.97 Å². The molecule has 0 spiro atoms. The fourth-order valence-electron chi connectivity index (χ4n) is 2.08. The van der Waals surface area contributed by atoms with E-state index in [1.165, 1.54) is 11.6 Å². The molecule has 0 bridgehead atoms. The number of aromatic nitrogens is 1. The maximum Gasteiger partial charge on any atom is 0.335 e. The van der Waals surface area contributed by atoms with Gasteiger partial charge in [-0.1, -0.05) is 32.9 Å². The van der Waals surface area contributed by atoms with Gasteiger partial charge in [-0.25, -0.2) is 4.79 Å². The lowest BCUT2D eigenvalue weighted by Crippen LogP contribution is -2.11. The standard InChI is InChI=1S/C17H19NO2/c1-11-5-6-13(17(2,3)4)10-14(11)15-9-12(16(19)20)7-8-18-15/h5-10H,1-4H3,(H,19,20). The highest BCUT2D eigenvalue weighted by Gasteiger charge is 2.16. The van der Waals surface area contributed by atoms with Crippen LogP contribution in [0.4, 0.5) is 0 Å². The van der Waals surface area contributed by atoms with Gasteiger partial charge in [0.25, 0.3) is 0 Å². The summed E-state index contributed by atoms with van der Waals surface area (Å²) < 4.78 is 0. The number of hydrogen-bond acceptors (Lipinski definition) is 2. The SMILES string of the molecule is Cc1ccc(C(C)(C)C)cc1-c1cc(C(=O)O)ccn1. The molecule has 0 aliphatic rings. The highest BCUT2D eigenvalue weighted by molar-refractivity contribution is 5.89. The molecule has 1 aromatic heterocycles. The van der Waals surface area contributed by atoms with Gasteiger partial charge in [0.05, 0.1) is 11.3 Å². The monoisotopic (exact) mass is 269 g/mol. The van der Waals surface area contributed by atoms with Crippen LogP contribution in [0.25, 0.3) is 11.3 Å². The molecule has 0 saturated carbocycles. The van der Waals surface area contributed by atoms with E-state index in [-0.39, 0.29) is 11.0 Å². The van der Waals surface area contributed by atoms with Crippen LogP contribution < -0.4 is 0 Å². The summed E-state index contributed by atoms with van der Waals surface area (Å²) in [5, 5.41) is 9.08. The second kappa shape index (κ2) is 5.08. The second-order valence-electron chi connectivity index (χ2n) is 6.01. The highest BCUT2D eigenvalue weighted by atomic mass is 16.4. The Bertz CT molecular complexity index is 654. The van der Waals surface area contributed by atoms with Gasteiger partial charge in [0.15, 0.2) is 0 Å². The van der Waals surface area contributed by atoms with Crippen molar-refractivity contribution in [2.24, 2.45) is 0 Å². The minimum absolute atomic E-state index is 0.0485. The summed E-state index contributed by atoms with van der Waals surface area (Å²) in [6.07, 6.45) is 1.54. The van der Waals surface area contributed by atoms with Crippen LogP contribution in [-0.2, 0) is 5.41 Å². The van der Waals surface area contributed by atoms with Gasteiger partial charge >= 0.3 is 5.97 Å². The van der Waals surface area contributed by atoms with Gasteiger partial charge in [0.2, 0.25) is 0 Å². The molecule has 0 saturated heterocycles. The van der Waals surface area contributed by atoms with Crippen LogP contribution in [-0.4, -0.2) is 16.1 Å². The van der Waals surface area contributed by atoms with Crippen molar-refractivity contribution in [3.63, 3.8) is 0 Å². The summed E-state index contributed by atoms with van der Waals surface area (Å²) >= 11 is 0. The number of aryl methyl sites for hydroxylation is 1. The summed E-state index contributed by atoms with van der Waals surface area (Å²) in [7, 11) is 0. The van der Waals surface area contributed by atoms with E-state index in [1.54, 1.807) is 12.3 Å². The van der Waals surface area contributed by atoms with Crippen molar-refractivity contribution in [2.75, 3.05) is 0 Å². The Morgan fingerprint density at radius 2 is 1.85 bits per heavy atom. The molecular weight excluding hydrogens is 250 g/mol. The number of nitrogens with zero attached hydrogens (tertiary/aromatic N) is 1. The number of hydrogen-bond donors (Lipinski definition) is 1. The lowest BCUT2D eigenvalue weighted by molar-refractivity contribution is 0.0697. The largest absolute Gasteiger partial charge is 0.478 e. The van der Waals surface area contributed by atoms with E-state index in [4.69, 9.17) is 5.11 Å². The Morgan fingerprint density at radius 3 is 2.45 bits per heavy atom. The lowest BCUT2D eigenvalue weighted by Gasteiger charge is -2.20. The number of rotatable bonds is 2. The van der Waals surface area contributed by atoms with Crippen LogP contribution in [0.3, 0.4) is 0 Å². The molecular formula is C17H19NO2. The van der Waals surface area contributed by atoms with Crippen molar-refractivity contribution >= 4 is 5.97 Å². The maximum atomic E-state index is 11.1. The van der Waals surface area contributed by atoms with Crippen molar-refractivity contribution in [3.8, 4) is 11.3 Å². The molecule has 1 heterocycles. The normalized spacial score (nSPS) is 11.4. The number of benzene rings is 1.